The number of hydrogen-bond donors (Lipinski definition) is 1. The molecule has 0 aliphatic heterocycles. The van der Waals surface area contributed by atoms with Crippen molar-refractivity contribution in [3.05, 3.63) is 15.9 Å². The quantitative estimate of drug-likeness (QED) is 0.812. The van der Waals surface area contributed by atoms with Crippen molar-refractivity contribution >= 4 is 15.9 Å². The zero-order valence-corrected chi connectivity index (χ0v) is 15.1. The molecule has 120 valence electrons. The summed E-state index contributed by atoms with van der Waals surface area (Å²) in [5.74, 6) is 0. The summed E-state index contributed by atoms with van der Waals surface area (Å²) in [6.45, 7) is 7.94. The normalized spacial score (nSPS) is 19.1. The van der Waals surface area contributed by atoms with Crippen LogP contribution < -0.4 is 5.73 Å². The summed E-state index contributed by atoms with van der Waals surface area (Å²) >= 11 is 3.72. The van der Waals surface area contributed by atoms with Gasteiger partial charge in [0.15, 0.2) is 0 Å². The van der Waals surface area contributed by atoms with Crippen LogP contribution in [0.4, 0.5) is 0 Å². The van der Waals surface area contributed by atoms with E-state index in [1.54, 1.807) is 0 Å². The minimum Gasteiger partial charge on any atom is -0.374 e. The van der Waals surface area contributed by atoms with Crippen molar-refractivity contribution in [1.29, 1.82) is 0 Å². The standard InChI is InChI=1S/C16H28BrN3O/c1-4-12-15(17)13(20(5-2)19-12)11-14(18)16(21-6-3)9-7-8-10-16/h14H,4-11,18H2,1-3H3. The van der Waals surface area contributed by atoms with Gasteiger partial charge in [0.2, 0.25) is 0 Å². The van der Waals surface area contributed by atoms with Gasteiger partial charge in [0.25, 0.3) is 0 Å². The van der Waals surface area contributed by atoms with Gasteiger partial charge < -0.3 is 10.5 Å². The van der Waals surface area contributed by atoms with Crippen molar-refractivity contribution in [2.45, 2.75) is 77.5 Å². The van der Waals surface area contributed by atoms with Gasteiger partial charge in [0.1, 0.15) is 0 Å². The average Bonchev–Trinajstić information content (AvgIpc) is 3.06. The number of nitrogens with two attached hydrogens (primary N) is 1. The van der Waals surface area contributed by atoms with E-state index < -0.39 is 0 Å². The summed E-state index contributed by atoms with van der Waals surface area (Å²) in [6.07, 6.45) is 6.37. The molecule has 1 aliphatic rings. The molecule has 1 unspecified atom stereocenters. The lowest BCUT2D eigenvalue weighted by Gasteiger charge is -2.35. The summed E-state index contributed by atoms with van der Waals surface area (Å²) in [4.78, 5) is 0. The lowest BCUT2D eigenvalue weighted by atomic mass is 9.89. The molecule has 0 aromatic carbocycles. The van der Waals surface area contributed by atoms with Crippen LogP contribution in [0.1, 0.15) is 57.8 Å². The smallest absolute Gasteiger partial charge is 0.0836 e. The van der Waals surface area contributed by atoms with E-state index in [2.05, 4.69) is 46.5 Å². The lowest BCUT2D eigenvalue weighted by molar-refractivity contribution is -0.0528. The molecule has 0 radical (unpaired) electrons. The minimum absolute atomic E-state index is 0.0305. The third-order valence-corrected chi connectivity index (χ3v) is 5.58. The number of rotatable bonds is 7. The fourth-order valence-corrected chi connectivity index (χ4v) is 4.22. The molecule has 1 saturated carbocycles. The van der Waals surface area contributed by atoms with Crippen LogP contribution >= 0.6 is 15.9 Å². The van der Waals surface area contributed by atoms with Crippen LogP contribution in [0.25, 0.3) is 0 Å². The average molecular weight is 358 g/mol. The second-order valence-electron chi connectivity index (χ2n) is 5.89. The number of hydrogen-bond acceptors (Lipinski definition) is 3. The fraction of sp³-hybridized carbons (Fsp3) is 0.812. The number of aromatic nitrogens is 2. The summed E-state index contributed by atoms with van der Waals surface area (Å²) < 4.78 is 9.31. The number of halogens is 1. The van der Waals surface area contributed by atoms with Crippen LogP contribution in [0.3, 0.4) is 0 Å². The molecule has 1 atom stereocenters. The van der Waals surface area contributed by atoms with Crippen molar-refractivity contribution in [3.8, 4) is 0 Å². The maximum absolute atomic E-state index is 6.59. The predicted molar refractivity (Wildman–Crippen MR) is 89.5 cm³/mol. The van der Waals surface area contributed by atoms with Crippen molar-refractivity contribution in [3.63, 3.8) is 0 Å². The molecule has 4 nitrogen and oxygen atoms in total. The zero-order valence-electron chi connectivity index (χ0n) is 13.5. The van der Waals surface area contributed by atoms with Gasteiger partial charge in [0.05, 0.1) is 21.5 Å². The Kier molecular flexibility index (Phi) is 5.86. The largest absolute Gasteiger partial charge is 0.374 e. The molecule has 0 saturated heterocycles. The van der Waals surface area contributed by atoms with Gasteiger partial charge in [-0.1, -0.05) is 19.8 Å². The van der Waals surface area contributed by atoms with Crippen LogP contribution in [0, 0.1) is 0 Å². The third-order valence-electron chi connectivity index (χ3n) is 4.66. The van der Waals surface area contributed by atoms with Crippen molar-refractivity contribution < 1.29 is 4.74 Å². The Bertz CT molecular complexity index is 466. The monoisotopic (exact) mass is 357 g/mol. The number of aryl methyl sites for hydroxylation is 2. The summed E-state index contributed by atoms with van der Waals surface area (Å²) in [7, 11) is 0. The molecule has 21 heavy (non-hydrogen) atoms. The molecule has 0 bridgehead atoms. The van der Waals surface area contributed by atoms with Gasteiger partial charge in [-0.05, 0) is 49.0 Å². The summed E-state index contributed by atoms with van der Waals surface area (Å²) in [5.41, 5.74) is 8.79. The predicted octanol–water partition coefficient (Wildman–Crippen LogP) is 3.45. The SMILES string of the molecule is CCOC1(C(N)Cc2c(Br)c(CC)nn2CC)CCCC1. The van der Waals surface area contributed by atoms with E-state index in [0.29, 0.717) is 0 Å². The molecular weight excluding hydrogens is 330 g/mol. The van der Waals surface area contributed by atoms with Crippen molar-refractivity contribution in [1.82, 2.24) is 9.78 Å². The van der Waals surface area contributed by atoms with Crippen LogP contribution in [-0.2, 0) is 24.1 Å². The maximum Gasteiger partial charge on any atom is 0.0836 e. The minimum atomic E-state index is -0.136. The van der Waals surface area contributed by atoms with Crippen LogP contribution in [0.15, 0.2) is 4.47 Å². The Morgan fingerprint density at radius 2 is 2.00 bits per heavy atom. The molecule has 2 rings (SSSR count). The second kappa shape index (κ2) is 7.25. The third kappa shape index (κ3) is 3.35. The Morgan fingerprint density at radius 1 is 1.33 bits per heavy atom. The van der Waals surface area contributed by atoms with E-state index in [1.165, 1.54) is 18.5 Å². The summed E-state index contributed by atoms with van der Waals surface area (Å²) in [5, 5.41) is 4.67. The van der Waals surface area contributed by atoms with E-state index in [1.807, 2.05) is 0 Å². The van der Waals surface area contributed by atoms with Gasteiger partial charge in [-0.15, -0.1) is 0 Å². The van der Waals surface area contributed by atoms with Crippen LogP contribution in [0.2, 0.25) is 0 Å². The Morgan fingerprint density at radius 3 is 2.52 bits per heavy atom. The highest BCUT2D eigenvalue weighted by molar-refractivity contribution is 9.10. The Balaban J connectivity index is 2.22. The Labute approximate surface area is 136 Å². The first kappa shape index (κ1) is 17.0. The van der Waals surface area contributed by atoms with Crippen molar-refractivity contribution in [2.24, 2.45) is 5.73 Å². The second-order valence-corrected chi connectivity index (χ2v) is 6.69. The Hall–Kier alpha value is -0.390. The van der Waals surface area contributed by atoms with Gasteiger partial charge in [-0.25, -0.2) is 0 Å². The molecule has 2 N–H and O–H groups in total. The molecule has 1 aliphatic carbocycles. The molecule has 1 aromatic heterocycles. The molecular formula is C16H28BrN3O. The zero-order chi connectivity index (χ0) is 15.5. The molecule has 0 spiro atoms. The lowest BCUT2D eigenvalue weighted by Crippen LogP contribution is -2.49. The molecule has 5 heteroatoms. The number of ether oxygens (including phenoxy) is 1. The van der Waals surface area contributed by atoms with Gasteiger partial charge >= 0.3 is 0 Å². The molecule has 1 fully saturated rings. The first-order chi connectivity index (χ1) is 10.1. The van der Waals surface area contributed by atoms with Gasteiger partial charge in [-0.2, -0.15) is 5.10 Å². The van der Waals surface area contributed by atoms with E-state index in [-0.39, 0.29) is 11.6 Å². The van der Waals surface area contributed by atoms with Gasteiger partial charge in [-0.3, -0.25) is 4.68 Å². The van der Waals surface area contributed by atoms with Gasteiger partial charge in [0, 0.05) is 25.6 Å². The fourth-order valence-electron chi connectivity index (χ4n) is 3.49. The van der Waals surface area contributed by atoms with E-state index >= 15 is 0 Å². The summed E-state index contributed by atoms with van der Waals surface area (Å²) in [6, 6.07) is 0.0305. The van der Waals surface area contributed by atoms with E-state index in [9.17, 15) is 0 Å². The topological polar surface area (TPSA) is 53.1 Å². The molecule has 0 amide bonds. The first-order valence-corrected chi connectivity index (χ1v) is 9.00. The van der Waals surface area contributed by atoms with E-state index in [0.717, 1.165) is 49.0 Å². The molecule has 1 heterocycles. The molecule has 1 aromatic rings. The highest BCUT2D eigenvalue weighted by Crippen LogP contribution is 2.37. The highest BCUT2D eigenvalue weighted by atomic mass is 79.9. The van der Waals surface area contributed by atoms with Crippen molar-refractivity contribution in [2.75, 3.05) is 6.61 Å². The van der Waals surface area contributed by atoms with E-state index in [4.69, 9.17) is 10.5 Å². The number of nitrogens with zero attached hydrogens (tertiary/aromatic N) is 2. The van der Waals surface area contributed by atoms with Crippen LogP contribution in [0.5, 0.6) is 0 Å². The maximum atomic E-state index is 6.59. The highest BCUT2D eigenvalue weighted by Gasteiger charge is 2.41. The van der Waals surface area contributed by atoms with Crippen LogP contribution in [-0.4, -0.2) is 28.0 Å². The first-order valence-electron chi connectivity index (χ1n) is 8.21.